The van der Waals surface area contributed by atoms with Crippen molar-refractivity contribution in [3.8, 4) is 0 Å². The highest BCUT2D eigenvalue weighted by Crippen LogP contribution is 2.40. The van der Waals surface area contributed by atoms with Crippen molar-refractivity contribution in [2.24, 2.45) is 0 Å². The minimum atomic E-state index is -0.135. The zero-order valence-corrected chi connectivity index (χ0v) is 13.7. The normalized spacial score (nSPS) is 25.9. The summed E-state index contributed by atoms with van der Waals surface area (Å²) >= 11 is 0. The number of nitrogens with zero attached hydrogens (tertiary/aromatic N) is 2. The summed E-state index contributed by atoms with van der Waals surface area (Å²) in [6, 6.07) is 7.55. The molecular weight excluding hydrogens is 279 g/mol. The van der Waals surface area contributed by atoms with Crippen LogP contribution < -0.4 is 0 Å². The standard InChI is InChI=1S/C18H27FN2O/c1-20-17(14-22-2)6-7-18(20)8-10-21(11-9-18)13-15-4-3-5-16(19)12-15/h3-5,12,17H,6-11,13-14H2,1-2H3. The molecule has 2 saturated heterocycles. The molecule has 2 aliphatic rings. The third-order valence-corrected chi connectivity index (χ3v) is 5.68. The maximum Gasteiger partial charge on any atom is 0.123 e. The van der Waals surface area contributed by atoms with Crippen molar-refractivity contribution in [1.82, 2.24) is 9.80 Å². The largest absolute Gasteiger partial charge is 0.383 e. The third kappa shape index (κ3) is 3.19. The molecule has 3 nitrogen and oxygen atoms in total. The Morgan fingerprint density at radius 2 is 2.05 bits per heavy atom. The second kappa shape index (κ2) is 6.65. The Bertz CT molecular complexity index is 500. The average Bonchev–Trinajstić information content (AvgIpc) is 2.80. The predicted octanol–water partition coefficient (Wildman–Crippen LogP) is 2.90. The minimum absolute atomic E-state index is 0.135. The maximum atomic E-state index is 13.3. The lowest BCUT2D eigenvalue weighted by Gasteiger charge is -2.45. The van der Waals surface area contributed by atoms with E-state index in [0.717, 1.165) is 31.8 Å². The lowest BCUT2D eigenvalue weighted by Crippen LogP contribution is -2.52. The summed E-state index contributed by atoms with van der Waals surface area (Å²) in [5, 5.41) is 0. The van der Waals surface area contributed by atoms with Crippen LogP contribution in [0.25, 0.3) is 0 Å². The van der Waals surface area contributed by atoms with Gasteiger partial charge in [0.1, 0.15) is 5.82 Å². The van der Waals surface area contributed by atoms with Crippen molar-refractivity contribution in [3.05, 3.63) is 35.6 Å². The minimum Gasteiger partial charge on any atom is -0.383 e. The van der Waals surface area contributed by atoms with Crippen molar-refractivity contribution in [2.45, 2.75) is 43.8 Å². The van der Waals surface area contributed by atoms with Crippen molar-refractivity contribution >= 4 is 0 Å². The highest BCUT2D eigenvalue weighted by atomic mass is 19.1. The number of piperidine rings is 1. The first-order valence-corrected chi connectivity index (χ1v) is 8.32. The third-order valence-electron chi connectivity index (χ3n) is 5.68. The fraction of sp³-hybridized carbons (Fsp3) is 0.667. The Morgan fingerprint density at radius 1 is 1.27 bits per heavy atom. The first-order valence-electron chi connectivity index (χ1n) is 8.32. The topological polar surface area (TPSA) is 15.7 Å². The van der Waals surface area contributed by atoms with E-state index in [1.54, 1.807) is 19.2 Å². The van der Waals surface area contributed by atoms with E-state index in [1.165, 1.54) is 31.7 Å². The van der Waals surface area contributed by atoms with Crippen molar-refractivity contribution in [3.63, 3.8) is 0 Å². The first kappa shape index (κ1) is 15.9. The molecule has 1 aromatic rings. The molecule has 1 atom stereocenters. The van der Waals surface area contributed by atoms with Gasteiger partial charge in [0.2, 0.25) is 0 Å². The fourth-order valence-corrected chi connectivity index (χ4v) is 4.20. The average molecular weight is 306 g/mol. The molecule has 2 fully saturated rings. The molecular formula is C18H27FN2O. The van der Waals surface area contributed by atoms with Gasteiger partial charge in [0, 0.05) is 38.3 Å². The van der Waals surface area contributed by atoms with Crippen LogP contribution in [0, 0.1) is 5.82 Å². The zero-order chi connectivity index (χ0) is 15.6. The summed E-state index contributed by atoms with van der Waals surface area (Å²) in [5.41, 5.74) is 1.44. The number of hydrogen-bond donors (Lipinski definition) is 0. The van der Waals surface area contributed by atoms with Gasteiger partial charge < -0.3 is 4.74 Å². The number of likely N-dealkylation sites (tertiary alicyclic amines) is 2. The van der Waals surface area contributed by atoms with E-state index >= 15 is 0 Å². The van der Waals surface area contributed by atoms with E-state index < -0.39 is 0 Å². The van der Waals surface area contributed by atoms with Crippen LogP contribution in [0.4, 0.5) is 4.39 Å². The summed E-state index contributed by atoms with van der Waals surface area (Å²) in [7, 11) is 4.05. The van der Waals surface area contributed by atoms with E-state index in [0.29, 0.717) is 11.6 Å². The van der Waals surface area contributed by atoms with E-state index in [1.807, 2.05) is 6.07 Å². The molecule has 22 heavy (non-hydrogen) atoms. The number of ether oxygens (including phenoxy) is 1. The lowest BCUT2D eigenvalue weighted by atomic mass is 9.85. The van der Waals surface area contributed by atoms with Gasteiger partial charge >= 0.3 is 0 Å². The van der Waals surface area contributed by atoms with Gasteiger partial charge in [0.05, 0.1) is 6.61 Å². The zero-order valence-electron chi connectivity index (χ0n) is 13.7. The Morgan fingerprint density at radius 3 is 2.73 bits per heavy atom. The SMILES string of the molecule is COCC1CCC2(CCN(Cc3cccc(F)c3)CC2)N1C. The number of benzene rings is 1. The molecule has 2 heterocycles. The molecule has 0 saturated carbocycles. The first-order chi connectivity index (χ1) is 10.6. The molecule has 1 unspecified atom stereocenters. The van der Waals surface area contributed by atoms with Gasteiger partial charge in [-0.3, -0.25) is 9.80 Å². The summed E-state index contributed by atoms with van der Waals surface area (Å²) in [6.45, 7) is 3.89. The summed E-state index contributed by atoms with van der Waals surface area (Å²) in [4.78, 5) is 5.02. The Hall–Kier alpha value is -0.970. The maximum absolute atomic E-state index is 13.3. The van der Waals surface area contributed by atoms with Gasteiger partial charge in [-0.15, -0.1) is 0 Å². The van der Waals surface area contributed by atoms with Gasteiger partial charge in [-0.25, -0.2) is 4.39 Å². The van der Waals surface area contributed by atoms with Crippen LogP contribution in [-0.4, -0.2) is 55.2 Å². The number of likely N-dealkylation sites (N-methyl/N-ethyl adjacent to an activating group) is 1. The molecule has 0 aromatic heterocycles. The Balaban J connectivity index is 1.56. The second-order valence-corrected chi connectivity index (χ2v) is 6.89. The number of hydrogen-bond acceptors (Lipinski definition) is 3. The van der Waals surface area contributed by atoms with Gasteiger partial charge in [-0.05, 0) is 50.4 Å². The van der Waals surface area contributed by atoms with Gasteiger partial charge in [-0.2, -0.15) is 0 Å². The molecule has 2 aliphatic heterocycles. The highest BCUT2D eigenvalue weighted by Gasteiger charge is 2.45. The molecule has 122 valence electrons. The van der Waals surface area contributed by atoms with E-state index in [-0.39, 0.29) is 5.82 Å². The van der Waals surface area contributed by atoms with Crippen LogP contribution in [0.5, 0.6) is 0 Å². The van der Waals surface area contributed by atoms with Crippen LogP contribution in [0.1, 0.15) is 31.2 Å². The molecule has 3 rings (SSSR count). The van der Waals surface area contributed by atoms with Crippen LogP contribution in [0.15, 0.2) is 24.3 Å². The van der Waals surface area contributed by atoms with E-state index in [4.69, 9.17) is 4.74 Å². The number of halogens is 1. The van der Waals surface area contributed by atoms with Gasteiger partial charge in [0.15, 0.2) is 0 Å². The van der Waals surface area contributed by atoms with E-state index in [9.17, 15) is 4.39 Å². The molecule has 0 radical (unpaired) electrons. The Labute approximate surface area is 133 Å². The molecule has 0 bridgehead atoms. The van der Waals surface area contributed by atoms with Gasteiger partial charge in [-0.1, -0.05) is 12.1 Å². The van der Waals surface area contributed by atoms with Crippen LogP contribution >= 0.6 is 0 Å². The molecule has 1 aromatic carbocycles. The number of methoxy groups -OCH3 is 1. The summed E-state index contributed by atoms with van der Waals surface area (Å²) < 4.78 is 18.6. The smallest absolute Gasteiger partial charge is 0.123 e. The predicted molar refractivity (Wildman–Crippen MR) is 86.3 cm³/mol. The highest BCUT2D eigenvalue weighted by molar-refractivity contribution is 5.16. The molecule has 0 amide bonds. The van der Waals surface area contributed by atoms with Crippen LogP contribution in [-0.2, 0) is 11.3 Å². The molecule has 0 N–H and O–H groups in total. The lowest BCUT2D eigenvalue weighted by molar-refractivity contribution is 0.0282. The molecule has 4 heteroatoms. The van der Waals surface area contributed by atoms with E-state index in [2.05, 4.69) is 16.8 Å². The Kier molecular flexibility index (Phi) is 4.81. The van der Waals surface area contributed by atoms with Crippen LogP contribution in [0.2, 0.25) is 0 Å². The number of rotatable bonds is 4. The summed E-state index contributed by atoms with van der Waals surface area (Å²) in [6.07, 6.45) is 4.94. The van der Waals surface area contributed by atoms with Crippen molar-refractivity contribution in [2.75, 3.05) is 33.9 Å². The van der Waals surface area contributed by atoms with Crippen molar-refractivity contribution < 1.29 is 9.13 Å². The quantitative estimate of drug-likeness (QED) is 0.851. The second-order valence-electron chi connectivity index (χ2n) is 6.89. The summed E-state index contributed by atoms with van der Waals surface area (Å²) in [5.74, 6) is -0.135. The monoisotopic (exact) mass is 306 g/mol. The molecule has 0 aliphatic carbocycles. The fourth-order valence-electron chi connectivity index (χ4n) is 4.20. The van der Waals surface area contributed by atoms with Crippen molar-refractivity contribution in [1.29, 1.82) is 0 Å². The van der Waals surface area contributed by atoms with Gasteiger partial charge in [0.25, 0.3) is 0 Å². The van der Waals surface area contributed by atoms with Crippen LogP contribution in [0.3, 0.4) is 0 Å². The molecule has 1 spiro atoms.